The van der Waals surface area contributed by atoms with Crippen LogP contribution in [0.3, 0.4) is 0 Å². The zero-order valence-electron chi connectivity index (χ0n) is 16.7. The Morgan fingerprint density at radius 2 is 1.87 bits per heavy atom. The number of nitrogens with zero attached hydrogens (tertiary/aromatic N) is 2. The van der Waals surface area contributed by atoms with Gasteiger partial charge in [-0.15, -0.1) is 0 Å². The molecule has 0 bridgehead atoms. The van der Waals surface area contributed by atoms with E-state index in [1.54, 1.807) is 65.8 Å². The maximum absolute atomic E-state index is 12.6. The summed E-state index contributed by atoms with van der Waals surface area (Å²) in [7, 11) is -3.69. The number of benzene rings is 2. The standard InChI is InChI=1S/C22H21N3O3S3/c1-16-4-10-20(11-5-16)31(27,28)24-19-8-6-18(7-9-19)22(26)15-30-21(29)25(22)14-17-3-2-12-23-13-17/h2-13,24,26H,14-15H2,1H3. The highest BCUT2D eigenvalue weighted by Gasteiger charge is 2.44. The van der Waals surface area contributed by atoms with Crippen LogP contribution in [-0.2, 0) is 22.3 Å². The Morgan fingerprint density at radius 3 is 2.52 bits per heavy atom. The fourth-order valence-electron chi connectivity index (χ4n) is 3.31. The highest BCUT2D eigenvalue weighted by atomic mass is 32.2. The Kier molecular flexibility index (Phi) is 6.02. The molecular formula is C22H21N3O3S3. The van der Waals surface area contributed by atoms with Crippen LogP contribution < -0.4 is 4.72 Å². The van der Waals surface area contributed by atoms with Gasteiger partial charge in [-0.1, -0.05) is 59.9 Å². The van der Waals surface area contributed by atoms with Gasteiger partial charge in [0, 0.05) is 30.2 Å². The van der Waals surface area contributed by atoms with Crippen molar-refractivity contribution in [3.8, 4) is 0 Å². The average Bonchev–Trinajstić information content (AvgIpc) is 3.04. The number of hydrogen-bond acceptors (Lipinski definition) is 6. The molecule has 1 aliphatic heterocycles. The molecule has 1 saturated heterocycles. The Balaban J connectivity index is 1.55. The molecule has 2 N–H and O–H groups in total. The predicted octanol–water partition coefficient (Wildman–Crippen LogP) is 3.87. The lowest BCUT2D eigenvalue weighted by Crippen LogP contribution is -2.44. The lowest BCUT2D eigenvalue weighted by atomic mass is 10.0. The molecule has 1 fully saturated rings. The van der Waals surface area contributed by atoms with Crippen LogP contribution >= 0.6 is 24.0 Å². The SMILES string of the molecule is Cc1ccc(S(=O)(=O)Nc2ccc(C3(O)CSC(=S)N3Cc3cccnc3)cc2)cc1. The van der Waals surface area contributed by atoms with Crippen LogP contribution in [0.5, 0.6) is 0 Å². The van der Waals surface area contributed by atoms with E-state index in [2.05, 4.69) is 9.71 Å². The fourth-order valence-corrected chi connectivity index (χ4v) is 5.78. The number of thiocarbonyl (C=S) groups is 1. The zero-order chi connectivity index (χ0) is 22.1. The van der Waals surface area contributed by atoms with E-state index >= 15 is 0 Å². The molecule has 0 aliphatic carbocycles. The molecule has 0 radical (unpaired) electrons. The summed E-state index contributed by atoms with van der Waals surface area (Å²) >= 11 is 6.88. The summed E-state index contributed by atoms with van der Waals surface area (Å²) in [5, 5.41) is 11.4. The maximum atomic E-state index is 12.6. The number of aliphatic hydroxyl groups is 1. The number of anilines is 1. The van der Waals surface area contributed by atoms with Gasteiger partial charge in [0.2, 0.25) is 0 Å². The van der Waals surface area contributed by atoms with Gasteiger partial charge in [0.25, 0.3) is 10.0 Å². The predicted molar refractivity (Wildman–Crippen MR) is 127 cm³/mol. The molecule has 4 rings (SSSR count). The van der Waals surface area contributed by atoms with E-state index in [0.29, 0.717) is 27.9 Å². The minimum atomic E-state index is -3.69. The molecule has 2 heterocycles. The van der Waals surface area contributed by atoms with Crippen molar-refractivity contribution in [2.45, 2.75) is 24.1 Å². The third-order valence-corrected chi connectivity index (χ3v) is 8.04. The largest absolute Gasteiger partial charge is 0.366 e. The summed E-state index contributed by atoms with van der Waals surface area (Å²) in [4.78, 5) is 6.09. The van der Waals surface area contributed by atoms with Crippen molar-refractivity contribution in [3.05, 3.63) is 89.7 Å². The Labute approximate surface area is 191 Å². The summed E-state index contributed by atoms with van der Waals surface area (Å²) < 4.78 is 28.4. The molecule has 2 aromatic carbocycles. The zero-order valence-corrected chi connectivity index (χ0v) is 19.2. The van der Waals surface area contributed by atoms with E-state index < -0.39 is 15.7 Å². The summed E-state index contributed by atoms with van der Waals surface area (Å²) in [6.45, 7) is 2.33. The highest BCUT2D eigenvalue weighted by Crippen LogP contribution is 2.40. The number of nitrogens with one attached hydrogen (secondary N) is 1. The van der Waals surface area contributed by atoms with Crippen LogP contribution in [0.2, 0.25) is 0 Å². The minimum Gasteiger partial charge on any atom is -0.366 e. The lowest BCUT2D eigenvalue weighted by molar-refractivity contribution is -0.0508. The van der Waals surface area contributed by atoms with Gasteiger partial charge in [-0.05, 0) is 42.8 Å². The average molecular weight is 472 g/mol. The second-order valence-corrected chi connectivity index (χ2v) is 10.6. The lowest BCUT2D eigenvalue weighted by Gasteiger charge is -2.34. The molecule has 31 heavy (non-hydrogen) atoms. The normalized spacial score (nSPS) is 18.9. The van der Waals surface area contributed by atoms with E-state index in [1.807, 2.05) is 19.1 Å². The molecule has 1 aliphatic rings. The summed E-state index contributed by atoms with van der Waals surface area (Å²) in [6, 6.07) is 17.2. The van der Waals surface area contributed by atoms with Crippen LogP contribution in [0.15, 0.2) is 78.0 Å². The van der Waals surface area contributed by atoms with Crippen LogP contribution in [-0.4, -0.2) is 33.5 Å². The first-order valence-corrected chi connectivity index (χ1v) is 12.4. The van der Waals surface area contributed by atoms with Gasteiger partial charge in [-0.3, -0.25) is 9.71 Å². The van der Waals surface area contributed by atoms with Gasteiger partial charge in [0.15, 0.2) is 5.72 Å². The molecule has 0 spiro atoms. The van der Waals surface area contributed by atoms with E-state index in [-0.39, 0.29) is 4.90 Å². The summed E-state index contributed by atoms with van der Waals surface area (Å²) in [5.41, 5.74) is 1.70. The molecule has 1 atom stereocenters. The van der Waals surface area contributed by atoms with Crippen LogP contribution in [0.1, 0.15) is 16.7 Å². The molecule has 160 valence electrons. The Hall–Kier alpha value is -2.46. The van der Waals surface area contributed by atoms with Gasteiger partial charge in [0.1, 0.15) is 4.32 Å². The number of sulfonamides is 1. The third kappa shape index (κ3) is 4.59. The van der Waals surface area contributed by atoms with E-state index in [9.17, 15) is 13.5 Å². The number of hydrogen-bond donors (Lipinski definition) is 2. The third-order valence-electron chi connectivity index (χ3n) is 5.06. The minimum absolute atomic E-state index is 0.195. The van der Waals surface area contributed by atoms with Crippen molar-refractivity contribution in [3.63, 3.8) is 0 Å². The van der Waals surface area contributed by atoms with Crippen molar-refractivity contribution in [2.24, 2.45) is 0 Å². The topological polar surface area (TPSA) is 82.5 Å². The van der Waals surface area contributed by atoms with Crippen molar-refractivity contribution in [2.75, 3.05) is 10.5 Å². The maximum Gasteiger partial charge on any atom is 0.261 e. The highest BCUT2D eigenvalue weighted by molar-refractivity contribution is 8.23. The van der Waals surface area contributed by atoms with Crippen LogP contribution in [0.4, 0.5) is 5.69 Å². The van der Waals surface area contributed by atoms with E-state index in [4.69, 9.17) is 12.2 Å². The first-order chi connectivity index (χ1) is 14.8. The smallest absolute Gasteiger partial charge is 0.261 e. The molecule has 1 unspecified atom stereocenters. The quantitative estimate of drug-likeness (QED) is 0.528. The number of thioether (sulfide) groups is 1. The van der Waals surface area contributed by atoms with E-state index in [0.717, 1.165) is 11.1 Å². The molecular weight excluding hydrogens is 450 g/mol. The number of aryl methyl sites for hydroxylation is 1. The first kappa shape index (κ1) is 21.8. The Bertz CT molecular complexity index is 1180. The summed E-state index contributed by atoms with van der Waals surface area (Å²) in [6.07, 6.45) is 3.44. The molecule has 0 amide bonds. The van der Waals surface area contributed by atoms with Gasteiger partial charge in [0.05, 0.1) is 10.6 Å². The molecule has 3 aromatic rings. The molecule has 1 aromatic heterocycles. The van der Waals surface area contributed by atoms with Crippen molar-refractivity contribution in [1.29, 1.82) is 0 Å². The van der Waals surface area contributed by atoms with Crippen molar-refractivity contribution < 1.29 is 13.5 Å². The molecule has 6 nitrogen and oxygen atoms in total. The summed E-state index contributed by atoms with van der Waals surface area (Å²) in [5.74, 6) is 0.389. The van der Waals surface area contributed by atoms with Gasteiger partial charge in [-0.25, -0.2) is 8.42 Å². The monoisotopic (exact) mass is 471 g/mol. The fraction of sp³-hybridized carbons (Fsp3) is 0.182. The second-order valence-electron chi connectivity index (χ2n) is 7.31. The van der Waals surface area contributed by atoms with Crippen LogP contribution in [0.25, 0.3) is 0 Å². The number of pyridine rings is 1. The van der Waals surface area contributed by atoms with Crippen molar-refractivity contribution in [1.82, 2.24) is 9.88 Å². The number of rotatable bonds is 6. The van der Waals surface area contributed by atoms with Gasteiger partial charge in [-0.2, -0.15) is 0 Å². The van der Waals surface area contributed by atoms with Crippen molar-refractivity contribution >= 4 is 44.0 Å². The number of aromatic nitrogens is 1. The Morgan fingerprint density at radius 1 is 1.16 bits per heavy atom. The van der Waals surface area contributed by atoms with Crippen LogP contribution in [0, 0.1) is 6.92 Å². The molecule has 0 saturated carbocycles. The van der Waals surface area contributed by atoms with Gasteiger partial charge >= 0.3 is 0 Å². The van der Waals surface area contributed by atoms with E-state index in [1.165, 1.54) is 11.8 Å². The molecule has 9 heteroatoms. The first-order valence-electron chi connectivity index (χ1n) is 9.54. The van der Waals surface area contributed by atoms with Gasteiger partial charge < -0.3 is 10.0 Å². The second kappa shape index (κ2) is 8.58.